The molecule has 0 bridgehead atoms. The largest absolute Gasteiger partial charge is 0.313 e. The van der Waals surface area contributed by atoms with E-state index in [1.165, 1.54) is 24.2 Å². The Morgan fingerprint density at radius 3 is 2.75 bits per heavy atom. The minimum absolute atomic E-state index is 0.982. The van der Waals surface area contributed by atoms with Gasteiger partial charge in [0.1, 0.15) is 0 Å². The van der Waals surface area contributed by atoms with E-state index < -0.39 is 0 Å². The number of hydrogen-bond acceptors (Lipinski definition) is 2. The summed E-state index contributed by atoms with van der Waals surface area (Å²) in [4.78, 5) is 0. The van der Waals surface area contributed by atoms with Crippen LogP contribution in [0.15, 0.2) is 12.2 Å². The molecule has 0 fully saturated rings. The van der Waals surface area contributed by atoms with Crippen LogP contribution in [-0.4, -0.2) is 24.6 Å². The quantitative estimate of drug-likeness (QED) is 0.463. The number of thioether (sulfide) groups is 1. The summed E-state index contributed by atoms with van der Waals surface area (Å²) in [5.41, 5.74) is 1.32. The third-order valence-corrected chi connectivity index (χ3v) is 2.76. The number of rotatable bonds is 8. The van der Waals surface area contributed by atoms with Gasteiger partial charge in [-0.1, -0.05) is 32.4 Å². The van der Waals surface area contributed by atoms with E-state index in [0.717, 1.165) is 18.8 Å². The standard InChI is InChI=1S/C10H21NS/c1-4-6-7-12-9-10(3)8-11-5-2/h11H,3-9H2,1-2H3. The molecule has 0 rings (SSSR count). The molecule has 0 saturated carbocycles. The molecular formula is C10H21NS. The second kappa shape index (κ2) is 9.14. The maximum atomic E-state index is 4.01. The highest BCUT2D eigenvalue weighted by Gasteiger charge is 1.93. The second-order valence-electron chi connectivity index (χ2n) is 2.94. The van der Waals surface area contributed by atoms with Crippen molar-refractivity contribution in [3.05, 3.63) is 12.2 Å². The van der Waals surface area contributed by atoms with Crippen LogP contribution in [0.5, 0.6) is 0 Å². The highest BCUT2D eigenvalue weighted by atomic mass is 32.2. The van der Waals surface area contributed by atoms with Gasteiger partial charge in [0, 0.05) is 12.3 Å². The van der Waals surface area contributed by atoms with Crippen molar-refractivity contribution in [3.63, 3.8) is 0 Å². The predicted molar refractivity (Wildman–Crippen MR) is 59.9 cm³/mol. The van der Waals surface area contributed by atoms with Gasteiger partial charge in [-0.05, 0) is 18.7 Å². The summed E-state index contributed by atoms with van der Waals surface area (Å²) < 4.78 is 0. The van der Waals surface area contributed by atoms with Crippen molar-refractivity contribution in [1.29, 1.82) is 0 Å². The van der Waals surface area contributed by atoms with Crippen molar-refractivity contribution < 1.29 is 0 Å². The Morgan fingerprint density at radius 1 is 1.42 bits per heavy atom. The molecule has 0 aliphatic rings. The molecule has 0 aromatic heterocycles. The first kappa shape index (κ1) is 12.0. The molecule has 2 heteroatoms. The van der Waals surface area contributed by atoms with Crippen LogP contribution in [0.3, 0.4) is 0 Å². The Kier molecular flexibility index (Phi) is 9.18. The normalized spacial score (nSPS) is 10.2. The number of nitrogens with one attached hydrogen (secondary N) is 1. The van der Waals surface area contributed by atoms with Crippen LogP contribution < -0.4 is 5.32 Å². The van der Waals surface area contributed by atoms with Gasteiger partial charge in [0.05, 0.1) is 0 Å². The third-order valence-electron chi connectivity index (χ3n) is 1.57. The first-order valence-electron chi connectivity index (χ1n) is 4.76. The molecule has 1 N–H and O–H groups in total. The van der Waals surface area contributed by atoms with Crippen molar-refractivity contribution in [2.45, 2.75) is 26.7 Å². The lowest BCUT2D eigenvalue weighted by Gasteiger charge is -2.05. The summed E-state index contributed by atoms with van der Waals surface area (Å²) in [5.74, 6) is 2.40. The molecule has 12 heavy (non-hydrogen) atoms. The first-order chi connectivity index (χ1) is 5.81. The highest BCUT2D eigenvalue weighted by Crippen LogP contribution is 2.08. The lowest BCUT2D eigenvalue weighted by atomic mass is 10.3. The molecule has 0 aliphatic heterocycles. The second-order valence-corrected chi connectivity index (χ2v) is 4.04. The molecule has 72 valence electrons. The van der Waals surface area contributed by atoms with E-state index in [1.54, 1.807) is 0 Å². The van der Waals surface area contributed by atoms with Gasteiger partial charge in [0.2, 0.25) is 0 Å². The van der Waals surface area contributed by atoms with E-state index in [4.69, 9.17) is 0 Å². The fourth-order valence-corrected chi connectivity index (χ4v) is 1.84. The zero-order valence-electron chi connectivity index (χ0n) is 8.36. The highest BCUT2D eigenvalue weighted by molar-refractivity contribution is 7.99. The third kappa shape index (κ3) is 8.15. The minimum atomic E-state index is 0.982. The average Bonchev–Trinajstić information content (AvgIpc) is 2.09. The van der Waals surface area contributed by atoms with Crippen LogP contribution in [-0.2, 0) is 0 Å². The molecule has 1 nitrogen and oxygen atoms in total. The fourth-order valence-electron chi connectivity index (χ4n) is 0.816. The first-order valence-corrected chi connectivity index (χ1v) is 5.91. The van der Waals surface area contributed by atoms with Crippen LogP contribution in [0.1, 0.15) is 26.7 Å². The summed E-state index contributed by atoms with van der Waals surface area (Å²) in [6.45, 7) is 10.4. The van der Waals surface area contributed by atoms with Gasteiger partial charge >= 0.3 is 0 Å². The van der Waals surface area contributed by atoms with Gasteiger partial charge in [-0.15, -0.1) is 0 Å². The van der Waals surface area contributed by atoms with Crippen molar-refractivity contribution >= 4 is 11.8 Å². The number of hydrogen-bond donors (Lipinski definition) is 1. The van der Waals surface area contributed by atoms with Gasteiger partial charge in [-0.3, -0.25) is 0 Å². The van der Waals surface area contributed by atoms with Crippen molar-refractivity contribution in [3.8, 4) is 0 Å². The lowest BCUT2D eigenvalue weighted by Crippen LogP contribution is -2.16. The molecule has 0 aromatic rings. The van der Waals surface area contributed by atoms with E-state index >= 15 is 0 Å². The monoisotopic (exact) mass is 187 g/mol. The van der Waals surface area contributed by atoms with Gasteiger partial charge in [0.25, 0.3) is 0 Å². The van der Waals surface area contributed by atoms with Crippen molar-refractivity contribution in [2.24, 2.45) is 0 Å². The molecule has 0 unspecified atom stereocenters. The van der Waals surface area contributed by atoms with E-state index in [-0.39, 0.29) is 0 Å². The van der Waals surface area contributed by atoms with E-state index in [2.05, 4.69) is 25.7 Å². The number of unbranched alkanes of at least 4 members (excludes halogenated alkanes) is 1. The predicted octanol–water partition coefficient (Wildman–Crippen LogP) is 2.69. The fraction of sp³-hybridized carbons (Fsp3) is 0.800. The molecule has 0 aliphatic carbocycles. The maximum absolute atomic E-state index is 4.01. The van der Waals surface area contributed by atoms with Crippen molar-refractivity contribution in [1.82, 2.24) is 5.32 Å². The van der Waals surface area contributed by atoms with Gasteiger partial charge in [-0.2, -0.15) is 11.8 Å². The topological polar surface area (TPSA) is 12.0 Å². The Labute approximate surface area is 81.0 Å². The number of likely N-dealkylation sites (N-methyl/N-ethyl adjacent to an activating group) is 1. The van der Waals surface area contributed by atoms with Gasteiger partial charge in [-0.25, -0.2) is 0 Å². The van der Waals surface area contributed by atoms with E-state index in [1.807, 2.05) is 11.8 Å². The van der Waals surface area contributed by atoms with Gasteiger partial charge in [0.15, 0.2) is 0 Å². The molecule has 0 radical (unpaired) electrons. The van der Waals surface area contributed by atoms with Crippen LogP contribution >= 0.6 is 11.8 Å². The van der Waals surface area contributed by atoms with E-state index in [9.17, 15) is 0 Å². The molecule has 0 atom stereocenters. The smallest absolute Gasteiger partial charge is 0.0170 e. The molecule has 0 aromatic carbocycles. The molecule has 0 spiro atoms. The summed E-state index contributed by atoms with van der Waals surface area (Å²) in [5, 5.41) is 3.28. The molecule has 0 saturated heterocycles. The average molecular weight is 187 g/mol. The van der Waals surface area contributed by atoms with E-state index in [0.29, 0.717) is 0 Å². The lowest BCUT2D eigenvalue weighted by molar-refractivity contribution is 0.779. The summed E-state index contributed by atoms with van der Waals surface area (Å²) in [7, 11) is 0. The summed E-state index contributed by atoms with van der Waals surface area (Å²) >= 11 is 2.00. The molecule has 0 heterocycles. The van der Waals surface area contributed by atoms with Crippen LogP contribution in [0.2, 0.25) is 0 Å². The van der Waals surface area contributed by atoms with Gasteiger partial charge < -0.3 is 5.32 Å². The Bertz CT molecular complexity index is 112. The molecular weight excluding hydrogens is 166 g/mol. The Hall–Kier alpha value is 0.0500. The van der Waals surface area contributed by atoms with Crippen LogP contribution in [0.25, 0.3) is 0 Å². The van der Waals surface area contributed by atoms with Crippen LogP contribution in [0.4, 0.5) is 0 Å². The van der Waals surface area contributed by atoms with Crippen molar-refractivity contribution in [2.75, 3.05) is 24.6 Å². The summed E-state index contributed by atoms with van der Waals surface area (Å²) in [6, 6.07) is 0. The maximum Gasteiger partial charge on any atom is 0.0170 e. The molecule has 0 amide bonds. The SMILES string of the molecule is C=C(CNCC)CSCCCC. The zero-order chi connectivity index (χ0) is 9.23. The minimum Gasteiger partial charge on any atom is -0.313 e. The van der Waals surface area contributed by atoms with Crippen LogP contribution in [0, 0.1) is 0 Å². The summed E-state index contributed by atoms with van der Waals surface area (Å²) in [6.07, 6.45) is 2.63. The Morgan fingerprint density at radius 2 is 2.17 bits per heavy atom. The zero-order valence-corrected chi connectivity index (χ0v) is 9.17. The Balaban J connectivity index is 3.08.